The molecule has 2 heterocycles. The van der Waals surface area contributed by atoms with E-state index in [0.29, 0.717) is 17.9 Å². The molecule has 0 aromatic heterocycles. The van der Waals surface area contributed by atoms with Crippen molar-refractivity contribution in [2.75, 3.05) is 31.1 Å². The van der Waals surface area contributed by atoms with Gasteiger partial charge < -0.3 is 10.2 Å². The van der Waals surface area contributed by atoms with Crippen LogP contribution in [0.2, 0.25) is 0 Å². The van der Waals surface area contributed by atoms with Crippen LogP contribution in [0.1, 0.15) is 26.2 Å². The summed E-state index contributed by atoms with van der Waals surface area (Å²) in [6, 6.07) is 0.528. The minimum absolute atomic E-state index is 0.389. The van der Waals surface area contributed by atoms with Gasteiger partial charge in [-0.2, -0.15) is 11.8 Å². The third-order valence-corrected chi connectivity index (χ3v) is 4.58. The van der Waals surface area contributed by atoms with Gasteiger partial charge in [0.2, 0.25) is 5.91 Å². The Kier molecular flexibility index (Phi) is 4.53. The van der Waals surface area contributed by atoms with E-state index in [1.165, 1.54) is 0 Å². The summed E-state index contributed by atoms with van der Waals surface area (Å²) < 4.78 is 0. The Morgan fingerprint density at radius 2 is 2.38 bits per heavy atom. The first-order valence-electron chi connectivity index (χ1n) is 6.41. The second-order valence-electron chi connectivity index (χ2n) is 4.64. The van der Waals surface area contributed by atoms with E-state index in [2.05, 4.69) is 17.1 Å². The molecule has 2 atom stereocenters. The SMILES string of the molecule is CCSCCN1C(=O)CCC2CNCCC21. The van der Waals surface area contributed by atoms with Gasteiger partial charge in [-0.05, 0) is 37.6 Å². The van der Waals surface area contributed by atoms with E-state index in [-0.39, 0.29) is 0 Å². The number of thioether (sulfide) groups is 1. The number of fused-ring (bicyclic) bond motifs is 1. The number of carbonyl (C=O) groups is 1. The highest BCUT2D eigenvalue weighted by molar-refractivity contribution is 7.99. The summed E-state index contributed by atoms with van der Waals surface area (Å²) in [6.45, 7) is 5.32. The van der Waals surface area contributed by atoms with Gasteiger partial charge in [-0.15, -0.1) is 0 Å². The average Bonchev–Trinajstić information content (AvgIpc) is 2.32. The summed E-state index contributed by atoms with van der Waals surface area (Å²) >= 11 is 1.93. The molecule has 2 saturated heterocycles. The number of likely N-dealkylation sites (tertiary alicyclic amines) is 1. The van der Waals surface area contributed by atoms with Crippen molar-refractivity contribution in [2.24, 2.45) is 5.92 Å². The van der Waals surface area contributed by atoms with E-state index in [1.807, 2.05) is 11.8 Å². The van der Waals surface area contributed by atoms with Gasteiger partial charge in [0.15, 0.2) is 0 Å². The summed E-state index contributed by atoms with van der Waals surface area (Å²) in [5.74, 6) is 3.34. The van der Waals surface area contributed by atoms with Crippen molar-refractivity contribution in [1.29, 1.82) is 0 Å². The third kappa shape index (κ3) is 2.72. The zero-order valence-corrected chi connectivity index (χ0v) is 10.9. The van der Waals surface area contributed by atoms with Crippen LogP contribution in [-0.2, 0) is 4.79 Å². The molecule has 0 radical (unpaired) electrons. The Bertz CT molecular complexity index is 247. The maximum atomic E-state index is 11.9. The van der Waals surface area contributed by atoms with Crippen molar-refractivity contribution < 1.29 is 4.79 Å². The van der Waals surface area contributed by atoms with Gasteiger partial charge in [0, 0.05) is 24.8 Å². The molecule has 4 heteroatoms. The highest BCUT2D eigenvalue weighted by Gasteiger charge is 2.36. The lowest BCUT2D eigenvalue weighted by Crippen LogP contribution is -2.55. The number of hydrogen-bond donors (Lipinski definition) is 1. The van der Waals surface area contributed by atoms with Gasteiger partial charge in [-0.1, -0.05) is 6.92 Å². The van der Waals surface area contributed by atoms with Gasteiger partial charge in [-0.25, -0.2) is 0 Å². The molecule has 2 aliphatic rings. The molecule has 2 unspecified atom stereocenters. The molecule has 2 aliphatic heterocycles. The van der Waals surface area contributed by atoms with Crippen LogP contribution < -0.4 is 5.32 Å². The largest absolute Gasteiger partial charge is 0.339 e. The van der Waals surface area contributed by atoms with Crippen LogP contribution in [0, 0.1) is 5.92 Å². The lowest BCUT2D eigenvalue weighted by Gasteiger charge is -2.44. The molecule has 1 N–H and O–H groups in total. The molecule has 16 heavy (non-hydrogen) atoms. The first-order valence-corrected chi connectivity index (χ1v) is 7.56. The zero-order chi connectivity index (χ0) is 11.4. The van der Waals surface area contributed by atoms with Crippen LogP contribution in [0.5, 0.6) is 0 Å². The van der Waals surface area contributed by atoms with Crippen molar-refractivity contribution in [2.45, 2.75) is 32.2 Å². The van der Waals surface area contributed by atoms with Gasteiger partial charge in [0.05, 0.1) is 0 Å². The van der Waals surface area contributed by atoms with Crippen molar-refractivity contribution in [3.05, 3.63) is 0 Å². The van der Waals surface area contributed by atoms with Gasteiger partial charge >= 0.3 is 0 Å². The van der Waals surface area contributed by atoms with Crippen molar-refractivity contribution in [3.8, 4) is 0 Å². The topological polar surface area (TPSA) is 32.3 Å². The first kappa shape index (κ1) is 12.2. The molecular weight excluding hydrogens is 220 g/mol. The molecule has 0 saturated carbocycles. The fourth-order valence-electron chi connectivity index (χ4n) is 2.85. The van der Waals surface area contributed by atoms with E-state index in [1.54, 1.807) is 0 Å². The molecule has 0 spiro atoms. The Balaban J connectivity index is 1.92. The summed E-state index contributed by atoms with van der Waals surface area (Å²) in [6.07, 6.45) is 3.00. The van der Waals surface area contributed by atoms with Crippen LogP contribution in [0.4, 0.5) is 0 Å². The molecule has 0 aromatic carbocycles. The second-order valence-corrected chi connectivity index (χ2v) is 6.04. The normalized spacial score (nSPS) is 30.3. The Labute approximate surface area is 102 Å². The summed E-state index contributed by atoms with van der Waals surface area (Å²) in [5.41, 5.74) is 0. The highest BCUT2D eigenvalue weighted by atomic mass is 32.2. The molecule has 2 fully saturated rings. The highest BCUT2D eigenvalue weighted by Crippen LogP contribution is 2.28. The number of amides is 1. The second kappa shape index (κ2) is 5.92. The molecule has 1 amide bonds. The number of carbonyl (C=O) groups excluding carboxylic acids is 1. The third-order valence-electron chi connectivity index (χ3n) is 3.70. The van der Waals surface area contributed by atoms with Crippen LogP contribution in [-0.4, -0.2) is 48.0 Å². The lowest BCUT2D eigenvalue weighted by atomic mass is 9.84. The van der Waals surface area contributed by atoms with E-state index in [4.69, 9.17) is 0 Å². The zero-order valence-electron chi connectivity index (χ0n) is 10.1. The number of nitrogens with one attached hydrogen (secondary N) is 1. The van der Waals surface area contributed by atoms with E-state index in [0.717, 1.165) is 50.4 Å². The predicted octanol–water partition coefficient (Wildman–Crippen LogP) is 1.34. The Hall–Kier alpha value is -0.220. The first-order chi connectivity index (χ1) is 7.83. The van der Waals surface area contributed by atoms with Crippen LogP contribution in [0.3, 0.4) is 0 Å². The quantitative estimate of drug-likeness (QED) is 0.755. The number of piperidine rings is 2. The van der Waals surface area contributed by atoms with E-state index < -0.39 is 0 Å². The van der Waals surface area contributed by atoms with E-state index in [9.17, 15) is 4.79 Å². The number of nitrogens with zero attached hydrogens (tertiary/aromatic N) is 1. The maximum absolute atomic E-state index is 11.9. The maximum Gasteiger partial charge on any atom is 0.222 e. The average molecular weight is 242 g/mol. The van der Waals surface area contributed by atoms with Crippen LogP contribution >= 0.6 is 11.8 Å². The molecule has 0 aromatic rings. The Morgan fingerprint density at radius 1 is 1.50 bits per heavy atom. The fraction of sp³-hybridized carbons (Fsp3) is 0.917. The lowest BCUT2D eigenvalue weighted by molar-refractivity contribution is -0.139. The fourth-order valence-corrected chi connectivity index (χ4v) is 3.46. The van der Waals surface area contributed by atoms with Gasteiger partial charge in [0.25, 0.3) is 0 Å². The van der Waals surface area contributed by atoms with Crippen molar-refractivity contribution in [3.63, 3.8) is 0 Å². The van der Waals surface area contributed by atoms with Crippen molar-refractivity contribution >= 4 is 17.7 Å². The predicted molar refractivity (Wildman–Crippen MR) is 68.7 cm³/mol. The summed E-state index contributed by atoms with van der Waals surface area (Å²) in [4.78, 5) is 14.1. The Morgan fingerprint density at radius 3 is 3.19 bits per heavy atom. The summed E-state index contributed by atoms with van der Waals surface area (Å²) in [7, 11) is 0. The van der Waals surface area contributed by atoms with Crippen LogP contribution in [0.25, 0.3) is 0 Å². The smallest absolute Gasteiger partial charge is 0.222 e. The van der Waals surface area contributed by atoms with E-state index >= 15 is 0 Å². The number of hydrogen-bond acceptors (Lipinski definition) is 3. The van der Waals surface area contributed by atoms with Gasteiger partial charge in [-0.3, -0.25) is 4.79 Å². The monoisotopic (exact) mass is 242 g/mol. The minimum atomic E-state index is 0.389. The molecule has 0 bridgehead atoms. The van der Waals surface area contributed by atoms with Crippen molar-refractivity contribution in [1.82, 2.24) is 10.2 Å². The number of rotatable bonds is 4. The standard InChI is InChI=1S/C12H22N2OS/c1-2-16-8-7-14-11-5-6-13-9-10(11)3-4-12(14)15/h10-11,13H,2-9H2,1H3. The molecule has 0 aliphatic carbocycles. The van der Waals surface area contributed by atoms with Crippen LogP contribution in [0.15, 0.2) is 0 Å². The minimum Gasteiger partial charge on any atom is -0.339 e. The van der Waals surface area contributed by atoms with Gasteiger partial charge in [0.1, 0.15) is 0 Å². The molecule has 92 valence electrons. The molecule has 2 rings (SSSR count). The molecule has 3 nitrogen and oxygen atoms in total. The molecular formula is C12H22N2OS. The summed E-state index contributed by atoms with van der Waals surface area (Å²) in [5, 5.41) is 3.44.